The van der Waals surface area contributed by atoms with Crippen LogP contribution in [-0.2, 0) is 4.74 Å². The molecule has 1 aliphatic rings. The van der Waals surface area contributed by atoms with Crippen molar-refractivity contribution in [3.63, 3.8) is 0 Å². The summed E-state index contributed by atoms with van der Waals surface area (Å²) >= 11 is 0. The third-order valence-corrected chi connectivity index (χ3v) is 2.65. The van der Waals surface area contributed by atoms with E-state index in [4.69, 9.17) is 4.74 Å². The van der Waals surface area contributed by atoms with Crippen molar-refractivity contribution in [1.29, 1.82) is 0 Å². The van der Waals surface area contributed by atoms with Crippen LogP contribution in [0.5, 0.6) is 0 Å². The van der Waals surface area contributed by atoms with E-state index >= 15 is 0 Å². The zero-order valence-electron chi connectivity index (χ0n) is 8.11. The molecule has 0 bridgehead atoms. The van der Waals surface area contributed by atoms with Gasteiger partial charge in [-0.05, 0) is 24.8 Å². The number of carbonyl (C=O) groups is 1. The lowest BCUT2D eigenvalue weighted by Crippen LogP contribution is -2.13. The first kappa shape index (κ1) is 9.41. The summed E-state index contributed by atoms with van der Waals surface area (Å²) in [5.74, 6) is 0. The molecular weight excluding hydrogens is 176 g/mol. The van der Waals surface area contributed by atoms with Crippen molar-refractivity contribution in [2.45, 2.75) is 25.4 Å². The summed E-state index contributed by atoms with van der Waals surface area (Å²) in [6.07, 6.45) is 4.40. The molecule has 74 valence electrons. The van der Waals surface area contributed by atoms with Crippen LogP contribution in [-0.4, -0.2) is 12.9 Å². The van der Waals surface area contributed by atoms with Gasteiger partial charge >= 0.3 is 0 Å². The summed E-state index contributed by atoms with van der Waals surface area (Å²) in [6.45, 7) is 0.817. The molecule has 2 nitrogen and oxygen atoms in total. The molecule has 1 atom stereocenters. The summed E-state index contributed by atoms with van der Waals surface area (Å²) in [5.41, 5.74) is 1.81. The first-order chi connectivity index (χ1) is 6.92. The largest absolute Gasteiger partial charge is 0.374 e. The van der Waals surface area contributed by atoms with Gasteiger partial charge in [-0.1, -0.05) is 24.3 Å². The van der Waals surface area contributed by atoms with Crippen LogP contribution in [0.15, 0.2) is 24.3 Å². The number of rotatable bonds is 2. The third-order valence-electron chi connectivity index (χ3n) is 2.65. The Balaban J connectivity index is 2.24. The zero-order chi connectivity index (χ0) is 9.80. The highest BCUT2D eigenvalue weighted by atomic mass is 16.5. The molecule has 14 heavy (non-hydrogen) atoms. The smallest absolute Gasteiger partial charge is 0.150 e. The maximum absolute atomic E-state index is 10.8. The molecule has 2 rings (SSSR count). The van der Waals surface area contributed by atoms with Crippen LogP contribution in [0.3, 0.4) is 0 Å². The predicted octanol–water partition coefficient (Wildman–Crippen LogP) is 2.74. The van der Waals surface area contributed by atoms with E-state index in [1.165, 1.54) is 6.42 Å². The Morgan fingerprint density at radius 2 is 2.14 bits per heavy atom. The van der Waals surface area contributed by atoms with Crippen molar-refractivity contribution in [1.82, 2.24) is 0 Å². The quantitative estimate of drug-likeness (QED) is 0.670. The van der Waals surface area contributed by atoms with E-state index < -0.39 is 0 Å². The normalized spacial score (nSPS) is 21.9. The van der Waals surface area contributed by atoms with Crippen LogP contribution in [0.2, 0.25) is 0 Å². The van der Waals surface area contributed by atoms with Crippen molar-refractivity contribution in [3.05, 3.63) is 35.4 Å². The number of hydrogen-bond donors (Lipinski definition) is 0. The topological polar surface area (TPSA) is 26.3 Å². The Morgan fingerprint density at radius 1 is 1.29 bits per heavy atom. The molecule has 1 aromatic carbocycles. The van der Waals surface area contributed by atoms with E-state index in [0.29, 0.717) is 0 Å². The Bertz CT molecular complexity index is 314. The van der Waals surface area contributed by atoms with E-state index in [1.54, 1.807) is 0 Å². The highest BCUT2D eigenvalue weighted by Crippen LogP contribution is 2.29. The fraction of sp³-hybridized carbons (Fsp3) is 0.417. The minimum atomic E-state index is 0.130. The van der Waals surface area contributed by atoms with Gasteiger partial charge in [-0.15, -0.1) is 0 Å². The number of ether oxygens (including phenoxy) is 1. The summed E-state index contributed by atoms with van der Waals surface area (Å²) in [4.78, 5) is 10.8. The second kappa shape index (κ2) is 4.38. The van der Waals surface area contributed by atoms with Gasteiger partial charge in [-0.2, -0.15) is 0 Å². The van der Waals surface area contributed by atoms with Crippen LogP contribution < -0.4 is 0 Å². The molecule has 2 heteroatoms. The molecule has 1 aliphatic heterocycles. The fourth-order valence-corrected chi connectivity index (χ4v) is 1.90. The predicted molar refractivity (Wildman–Crippen MR) is 54.4 cm³/mol. The Labute approximate surface area is 83.9 Å². The zero-order valence-corrected chi connectivity index (χ0v) is 8.11. The highest BCUT2D eigenvalue weighted by Gasteiger charge is 2.18. The van der Waals surface area contributed by atoms with Gasteiger partial charge in [-0.3, -0.25) is 4.79 Å². The SMILES string of the molecule is O=Cc1ccccc1C1CCCCO1. The average molecular weight is 190 g/mol. The van der Waals surface area contributed by atoms with Gasteiger partial charge in [0.1, 0.15) is 6.29 Å². The Morgan fingerprint density at radius 3 is 2.86 bits per heavy atom. The second-order valence-electron chi connectivity index (χ2n) is 3.60. The van der Waals surface area contributed by atoms with E-state index in [-0.39, 0.29) is 6.10 Å². The molecule has 1 unspecified atom stereocenters. The van der Waals surface area contributed by atoms with Crippen LogP contribution in [0, 0.1) is 0 Å². The van der Waals surface area contributed by atoms with Gasteiger partial charge in [0.15, 0.2) is 0 Å². The third kappa shape index (κ3) is 1.85. The molecule has 0 spiro atoms. The van der Waals surface area contributed by atoms with E-state index in [0.717, 1.165) is 36.9 Å². The van der Waals surface area contributed by atoms with Crippen molar-refractivity contribution in [2.75, 3.05) is 6.61 Å². The second-order valence-corrected chi connectivity index (χ2v) is 3.60. The van der Waals surface area contributed by atoms with E-state index in [1.807, 2.05) is 24.3 Å². The molecule has 0 aromatic heterocycles. The first-order valence-corrected chi connectivity index (χ1v) is 5.07. The van der Waals surface area contributed by atoms with Crippen molar-refractivity contribution in [2.24, 2.45) is 0 Å². The van der Waals surface area contributed by atoms with Gasteiger partial charge in [-0.25, -0.2) is 0 Å². The van der Waals surface area contributed by atoms with Crippen molar-refractivity contribution in [3.8, 4) is 0 Å². The van der Waals surface area contributed by atoms with Gasteiger partial charge in [0.05, 0.1) is 6.10 Å². The lowest BCUT2D eigenvalue weighted by molar-refractivity contribution is 0.0146. The molecular formula is C12H14O2. The standard InChI is InChI=1S/C12H14O2/c13-9-10-5-1-2-6-11(10)12-7-3-4-8-14-12/h1-2,5-6,9,12H,3-4,7-8H2. The molecule has 0 amide bonds. The average Bonchev–Trinajstić information content (AvgIpc) is 2.30. The van der Waals surface area contributed by atoms with Crippen LogP contribution in [0.4, 0.5) is 0 Å². The summed E-state index contributed by atoms with van der Waals surface area (Å²) in [6, 6.07) is 7.68. The lowest BCUT2D eigenvalue weighted by atomic mass is 9.97. The van der Waals surface area contributed by atoms with Crippen molar-refractivity contribution < 1.29 is 9.53 Å². The maximum atomic E-state index is 10.8. The first-order valence-electron chi connectivity index (χ1n) is 5.07. The molecule has 1 heterocycles. The Hall–Kier alpha value is -1.15. The molecule has 1 saturated heterocycles. The van der Waals surface area contributed by atoms with Crippen LogP contribution in [0.25, 0.3) is 0 Å². The van der Waals surface area contributed by atoms with Gasteiger partial charge in [0, 0.05) is 12.2 Å². The van der Waals surface area contributed by atoms with Gasteiger partial charge in [0.25, 0.3) is 0 Å². The van der Waals surface area contributed by atoms with Crippen LogP contribution in [0.1, 0.15) is 41.3 Å². The minimum absolute atomic E-state index is 0.130. The monoisotopic (exact) mass is 190 g/mol. The molecule has 0 aliphatic carbocycles. The fourth-order valence-electron chi connectivity index (χ4n) is 1.90. The van der Waals surface area contributed by atoms with Crippen molar-refractivity contribution >= 4 is 6.29 Å². The number of carbonyl (C=O) groups excluding carboxylic acids is 1. The minimum Gasteiger partial charge on any atom is -0.374 e. The lowest BCUT2D eigenvalue weighted by Gasteiger charge is -2.23. The van der Waals surface area contributed by atoms with E-state index in [9.17, 15) is 4.79 Å². The summed E-state index contributed by atoms with van der Waals surface area (Å²) in [7, 11) is 0. The molecule has 0 radical (unpaired) electrons. The van der Waals surface area contributed by atoms with Crippen LogP contribution >= 0.6 is 0 Å². The Kier molecular flexibility index (Phi) is 2.94. The molecule has 0 N–H and O–H groups in total. The molecule has 1 fully saturated rings. The summed E-state index contributed by atoms with van der Waals surface area (Å²) in [5, 5.41) is 0. The highest BCUT2D eigenvalue weighted by molar-refractivity contribution is 5.77. The van der Waals surface area contributed by atoms with E-state index in [2.05, 4.69) is 0 Å². The van der Waals surface area contributed by atoms with Gasteiger partial charge < -0.3 is 4.74 Å². The number of aldehydes is 1. The number of benzene rings is 1. The molecule has 0 saturated carbocycles. The summed E-state index contributed by atoms with van der Waals surface area (Å²) < 4.78 is 5.65. The maximum Gasteiger partial charge on any atom is 0.150 e. The number of hydrogen-bond acceptors (Lipinski definition) is 2. The van der Waals surface area contributed by atoms with Gasteiger partial charge in [0.2, 0.25) is 0 Å². The molecule has 1 aromatic rings.